The van der Waals surface area contributed by atoms with Crippen molar-refractivity contribution >= 4 is 23.1 Å². The number of aliphatic hydroxyl groups is 1. The van der Waals surface area contributed by atoms with Crippen LogP contribution in [-0.2, 0) is 13.1 Å². The zero-order valence-corrected chi connectivity index (χ0v) is 19.8. The highest BCUT2D eigenvalue weighted by Crippen LogP contribution is 2.21. The molecule has 0 fully saturated rings. The van der Waals surface area contributed by atoms with Gasteiger partial charge in [0, 0.05) is 35.6 Å². The van der Waals surface area contributed by atoms with Gasteiger partial charge < -0.3 is 16.2 Å². The molecule has 3 aromatic heterocycles. The number of nitrogens with one attached hydrogen (secondary N) is 1. The molecule has 1 unspecified atom stereocenters. The summed E-state index contributed by atoms with van der Waals surface area (Å²) in [6, 6.07) is 9.41. The second-order valence-electron chi connectivity index (χ2n) is 8.07. The largest absolute Gasteiger partial charge is 0.391 e. The standard InChI is InChI=1S/C26H25N5O2S/c1-17-3-6-24(26(33)29-11-19-7-8-34-16-19)20(9-17)4-5-21-10-22(12-28-25(21)27)23-13-30-31(15-23)14-18(2)32/h3,6-10,12-13,15-16,18,32H,11,14H2,1-2H3,(H2,27,28)(H,29,33). The Balaban J connectivity index is 1.60. The molecule has 0 saturated carbocycles. The maximum absolute atomic E-state index is 12.8. The van der Waals surface area contributed by atoms with Gasteiger partial charge in [0.1, 0.15) is 5.82 Å². The molecule has 0 aliphatic heterocycles. The number of anilines is 1. The Morgan fingerprint density at radius 2 is 2.03 bits per heavy atom. The van der Waals surface area contributed by atoms with Crippen LogP contribution in [0, 0.1) is 18.8 Å². The number of pyridine rings is 1. The average Bonchev–Trinajstić information content (AvgIpc) is 3.49. The summed E-state index contributed by atoms with van der Waals surface area (Å²) in [5.74, 6) is 6.33. The van der Waals surface area contributed by atoms with Crippen LogP contribution in [0.15, 0.2) is 59.7 Å². The molecule has 8 heteroatoms. The predicted molar refractivity (Wildman–Crippen MR) is 134 cm³/mol. The summed E-state index contributed by atoms with van der Waals surface area (Å²) >= 11 is 1.59. The Bertz CT molecular complexity index is 1360. The van der Waals surface area contributed by atoms with Crippen LogP contribution in [-0.4, -0.2) is 31.9 Å². The number of aromatic nitrogens is 3. The predicted octanol–water partition coefficient (Wildman–Crippen LogP) is 3.61. The summed E-state index contributed by atoms with van der Waals surface area (Å²) in [6.07, 6.45) is 4.72. The first-order valence-electron chi connectivity index (χ1n) is 10.8. The normalized spacial score (nSPS) is 11.5. The molecule has 1 aromatic carbocycles. The van der Waals surface area contributed by atoms with E-state index < -0.39 is 6.10 Å². The lowest BCUT2D eigenvalue weighted by Crippen LogP contribution is -2.23. The van der Waals surface area contributed by atoms with Crippen LogP contribution in [0.4, 0.5) is 5.82 Å². The summed E-state index contributed by atoms with van der Waals surface area (Å²) in [6.45, 7) is 4.53. The topological polar surface area (TPSA) is 106 Å². The molecule has 0 aliphatic carbocycles. The second kappa shape index (κ2) is 10.3. The average molecular weight is 472 g/mol. The maximum atomic E-state index is 12.8. The number of aliphatic hydroxyl groups excluding tert-OH is 1. The van der Waals surface area contributed by atoms with Gasteiger partial charge in [0.05, 0.1) is 30.0 Å². The number of rotatable bonds is 6. The number of carbonyl (C=O) groups is 1. The number of benzene rings is 1. The van der Waals surface area contributed by atoms with Crippen LogP contribution in [0.2, 0.25) is 0 Å². The van der Waals surface area contributed by atoms with E-state index in [-0.39, 0.29) is 5.91 Å². The molecule has 4 rings (SSSR count). The van der Waals surface area contributed by atoms with Gasteiger partial charge >= 0.3 is 0 Å². The van der Waals surface area contributed by atoms with E-state index in [1.807, 2.05) is 48.1 Å². The van der Waals surface area contributed by atoms with Gasteiger partial charge in [-0.3, -0.25) is 9.48 Å². The third-order valence-electron chi connectivity index (χ3n) is 5.12. The van der Waals surface area contributed by atoms with Gasteiger partial charge in [0.15, 0.2) is 0 Å². The molecule has 4 aromatic rings. The molecule has 1 amide bonds. The van der Waals surface area contributed by atoms with Crippen molar-refractivity contribution in [1.29, 1.82) is 0 Å². The van der Waals surface area contributed by atoms with Gasteiger partial charge in [-0.05, 0) is 60.0 Å². The Morgan fingerprint density at radius 1 is 1.21 bits per heavy atom. The number of nitrogens with two attached hydrogens (primary N) is 1. The lowest BCUT2D eigenvalue weighted by Gasteiger charge is -2.07. The lowest BCUT2D eigenvalue weighted by atomic mass is 10.0. The number of nitrogens with zero attached hydrogens (tertiary/aromatic N) is 3. The lowest BCUT2D eigenvalue weighted by molar-refractivity contribution is 0.0950. The maximum Gasteiger partial charge on any atom is 0.252 e. The molecule has 4 N–H and O–H groups in total. The van der Waals surface area contributed by atoms with Crippen molar-refractivity contribution in [2.24, 2.45) is 0 Å². The van der Waals surface area contributed by atoms with Crippen LogP contribution >= 0.6 is 11.3 Å². The molecule has 0 aliphatic rings. The molecule has 0 spiro atoms. The van der Waals surface area contributed by atoms with Crippen molar-refractivity contribution in [3.63, 3.8) is 0 Å². The molecular formula is C26H25N5O2S. The van der Waals surface area contributed by atoms with E-state index in [4.69, 9.17) is 5.73 Å². The fourth-order valence-corrected chi connectivity index (χ4v) is 4.05. The molecule has 0 bridgehead atoms. The summed E-state index contributed by atoms with van der Waals surface area (Å²) in [7, 11) is 0. The smallest absolute Gasteiger partial charge is 0.252 e. The summed E-state index contributed by atoms with van der Waals surface area (Å²) < 4.78 is 1.68. The van der Waals surface area contributed by atoms with Gasteiger partial charge in [-0.2, -0.15) is 16.4 Å². The van der Waals surface area contributed by atoms with Gasteiger partial charge in [-0.25, -0.2) is 4.98 Å². The Hall–Kier alpha value is -3.93. The number of nitrogen functional groups attached to an aromatic ring is 1. The van der Waals surface area contributed by atoms with Crippen molar-refractivity contribution < 1.29 is 9.90 Å². The number of carbonyl (C=O) groups excluding carboxylic acids is 1. The van der Waals surface area contributed by atoms with E-state index in [2.05, 4.69) is 27.2 Å². The van der Waals surface area contributed by atoms with E-state index in [0.717, 1.165) is 22.3 Å². The molecular weight excluding hydrogens is 446 g/mol. The Kier molecular flexibility index (Phi) is 7.07. The monoisotopic (exact) mass is 471 g/mol. The molecule has 172 valence electrons. The zero-order valence-electron chi connectivity index (χ0n) is 18.9. The SMILES string of the molecule is Cc1ccc(C(=O)NCc2ccsc2)c(C#Cc2cc(-c3cnn(CC(C)O)c3)cnc2N)c1. The first kappa shape index (κ1) is 23.2. The highest BCUT2D eigenvalue weighted by molar-refractivity contribution is 7.07. The van der Waals surface area contributed by atoms with Crippen molar-refractivity contribution in [3.8, 4) is 23.0 Å². The van der Waals surface area contributed by atoms with E-state index in [1.54, 1.807) is 41.4 Å². The van der Waals surface area contributed by atoms with Crippen LogP contribution in [0.3, 0.4) is 0 Å². The number of aryl methyl sites for hydroxylation is 1. The molecule has 0 saturated heterocycles. The van der Waals surface area contributed by atoms with Crippen molar-refractivity contribution in [2.75, 3.05) is 5.73 Å². The van der Waals surface area contributed by atoms with E-state index in [0.29, 0.717) is 35.6 Å². The van der Waals surface area contributed by atoms with E-state index in [1.165, 1.54) is 0 Å². The highest BCUT2D eigenvalue weighted by atomic mass is 32.1. The van der Waals surface area contributed by atoms with Crippen molar-refractivity contribution in [2.45, 2.75) is 33.0 Å². The first-order chi connectivity index (χ1) is 16.4. The second-order valence-corrected chi connectivity index (χ2v) is 8.85. The molecule has 1 atom stereocenters. The van der Waals surface area contributed by atoms with E-state index >= 15 is 0 Å². The van der Waals surface area contributed by atoms with Crippen molar-refractivity contribution in [1.82, 2.24) is 20.1 Å². The minimum atomic E-state index is -0.496. The number of thiophene rings is 1. The van der Waals surface area contributed by atoms with E-state index in [9.17, 15) is 9.90 Å². The Morgan fingerprint density at radius 3 is 2.79 bits per heavy atom. The minimum Gasteiger partial charge on any atom is -0.391 e. The minimum absolute atomic E-state index is 0.180. The van der Waals surface area contributed by atoms with Gasteiger partial charge in [0.2, 0.25) is 0 Å². The number of hydrogen-bond donors (Lipinski definition) is 3. The van der Waals surface area contributed by atoms with Crippen molar-refractivity contribution in [3.05, 3.63) is 87.5 Å². The fraction of sp³-hybridized carbons (Fsp3) is 0.192. The third kappa shape index (κ3) is 5.70. The van der Waals surface area contributed by atoms with Gasteiger partial charge in [0.25, 0.3) is 5.91 Å². The summed E-state index contributed by atoms with van der Waals surface area (Å²) in [5, 5.41) is 20.8. The fourth-order valence-electron chi connectivity index (χ4n) is 3.38. The molecule has 34 heavy (non-hydrogen) atoms. The quantitative estimate of drug-likeness (QED) is 0.373. The summed E-state index contributed by atoms with van der Waals surface area (Å²) in [4.78, 5) is 17.1. The molecule has 7 nitrogen and oxygen atoms in total. The highest BCUT2D eigenvalue weighted by Gasteiger charge is 2.11. The van der Waals surface area contributed by atoms with Gasteiger partial charge in [-0.1, -0.05) is 17.9 Å². The summed E-state index contributed by atoms with van der Waals surface area (Å²) in [5.41, 5.74) is 11.5. The van der Waals surface area contributed by atoms with Crippen LogP contribution in [0.5, 0.6) is 0 Å². The number of amides is 1. The number of hydrogen-bond acceptors (Lipinski definition) is 6. The third-order valence-corrected chi connectivity index (χ3v) is 5.85. The van der Waals surface area contributed by atoms with Gasteiger partial charge in [-0.15, -0.1) is 0 Å². The Labute approximate surface area is 202 Å². The van der Waals surface area contributed by atoms with Crippen LogP contribution in [0.25, 0.3) is 11.1 Å². The first-order valence-corrected chi connectivity index (χ1v) is 11.7. The van der Waals surface area contributed by atoms with Crippen LogP contribution in [0.1, 0.15) is 39.5 Å². The zero-order chi connectivity index (χ0) is 24.1. The van der Waals surface area contributed by atoms with Crippen LogP contribution < -0.4 is 11.1 Å². The molecule has 3 heterocycles. The molecule has 0 radical (unpaired) electrons.